The van der Waals surface area contributed by atoms with E-state index in [0.717, 1.165) is 29.1 Å². The number of hydrogen-bond donors (Lipinski definition) is 1. The third kappa shape index (κ3) is 8.04. The fourth-order valence-electron chi connectivity index (χ4n) is 3.41. The molecule has 0 fully saturated rings. The van der Waals surface area contributed by atoms with Crippen LogP contribution in [-0.2, 0) is 12.8 Å². The van der Waals surface area contributed by atoms with Crippen LogP contribution >= 0.6 is 12.6 Å². The fraction of sp³-hybridized carbons (Fsp3) is 0.583. The molecule has 0 saturated carbocycles. The Bertz CT molecular complexity index is 652. The zero-order chi connectivity index (χ0) is 19.3. The summed E-state index contributed by atoms with van der Waals surface area (Å²) in [6.45, 7) is 4.51. The average Bonchev–Trinajstić information content (AvgIpc) is 2.68. The highest BCUT2D eigenvalue weighted by Gasteiger charge is 2.07. The van der Waals surface area contributed by atoms with Gasteiger partial charge in [-0.3, -0.25) is 0 Å². The van der Waals surface area contributed by atoms with E-state index in [1.165, 1.54) is 75.3 Å². The van der Waals surface area contributed by atoms with Gasteiger partial charge in [0.2, 0.25) is 0 Å². The van der Waals surface area contributed by atoms with Gasteiger partial charge in [0.25, 0.3) is 0 Å². The maximum Gasteiger partial charge on any atom is 0.160 e. The second kappa shape index (κ2) is 12.9. The number of rotatable bonds is 13. The maximum atomic E-state index is 4.69. The molecule has 2 rings (SSSR count). The first-order valence-corrected chi connectivity index (χ1v) is 11.3. The van der Waals surface area contributed by atoms with Gasteiger partial charge < -0.3 is 0 Å². The summed E-state index contributed by atoms with van der Waals surface area (Å²) < 4.78 is 0. The van der Waals surface area contributed by atoms with Crippen molar-refractivity contribution in [1.82, 2.24) is 9.97 Å². The zero-order valence-electron chi connectivity index (χ0n) is 17.2. The van der Waals surface area contributed by atoms with E-state index in [1.807, 2.05) is 12.4 Å². The summed E-state index contributed by atoms with van der Waals surface area (Å²) in [7, 11) is 0. The third-order valence-electron chi connectivity index (χ3n) is 5.15. The predicted molar refractivity (Wildman–Crippen MR) is 120 cm³/mol. The normalized spacial score (nSPS) is 11.1. The van der Waals surface area contributed by atoms with Crippen molar-refractivity contribution in [3.05, 3.63) is 41.7 Å². The topological polar surface area (TPSA) is 25.8 Å². The molecule has 0 spiro atoms. The molecule has 2 nitrogen and oxygen atoms in total. The molecule has 1 heterocycles. The Morgan fingerprint density at radius 2 is 1.26 bits per heavy atom. The number of aromatic nitrogens is 2. The minimum Gasteiger partial charge on any atom is -0.236 e. The van der Waals surface area contributed by atoms with Crippen molar-refractivity contribution in [1.29, 1.82) is 0 Å². The Kier molecular flexibility index (Phi) is 10.5. The maximum absolute atomic E-state index is 4.69. The second-order valence-corrected chi connectivity index (χ2v) is 8.08. The van der Waals surface area contributed by atoms with Crippen LogP contribution in [0.5, 0.6) is 0 Å². The van der Waals surface area contributed by atoms with Gasteiger partial charge in [-0.05, 0) is 48.9 Å². The van der Waals surface area contributed by atoms with Crippen molar-refractivity contribution in [2.45, 2.75) is 95.8 Å². The number of nitrogens with zero attached hydrogens (tertiary/aromatic N) is 2. The molecule has 0 amide bonds. The summed E-state index contributed by atoms with van der Waals surface area (Å²) in [5, 5.41) is 0. The van der Waals surface area contributed by atoms with Crippen LogP contribution in [0.15, 0.2) is 35.5 Å². The molecular formula is C24H36N2S. The molecule has 0 saturated heterocycles. The lowest BCUT2D eigenvalue weighted by Crippen LogP contribution is -1.95. The van der Waals surface area contributed by atoms with E-state index in [-0.39, 0.29) is 0 Å². The molecule has 0 aliphatic heterocycles. The Hall–Kier alpha value is -1.35. The van der Waals surface area contributed by atoms with Gasteiger partial charge in [0.1, 0.15) is 0 Å². The van der Waals surface area contributed by atoms with Crippen molar-refractivity contribution in [2.75, 3.05) is 0 Å². The van der Waals surface area contributed by atoms with Gasteiger partial charge >= 0.3 is 0 Å². The molecule has 0 N–H and O–H groups in total. The number of benzene rings is 1. The molecule has 27 heavy (non-hydrogen) atoms. The molecule has 1 aromatic heterocycles. The first kappa shape index (κ1) is 21.9. The Morgan fingerprint density at radius 3 is 1.81 bits per heavy atom. The molecule has 0 atom stereocenters. The smallest absolute Gasteiger partial charge is 0.160 e. The molecule has 0 bridgehead atoms. The van der Waals surface area contributed by atoms with Crippen LogP contribution in [-0.4, -0.2) is 9.97 Å². The number of unbranched alkanes of at least 4 members (excludes halogenated alkanes) is 8. The Balaban J connectivity index is 1.86. The molecule has 0 unspecified atom stereocenters. The van der Waals surface area contributed by atoms with Crippen LogP contribution in [0, 0.1) is 0 Å². The fourth-order valence-corrected chi connectivity index (χ4v) is 3.75. The lowest BCUT2D eigenvalue weighted by molar-refractivity contribution is 0.631. The third-order valence-corrected chi connectivity index (χ3v) is 5.52. The van der Waals surface area contributed by atoms with Gasteiger partial charge in [-0.25, -0.2) is 9.97 Å². The molecule has 3 heteroatoms. The highest BCUT2D eigenvalue weighted by Crippen LogP contribution is 2.25. The van der Waals surface area contributed by atoms with E-state index in [4.69, 9.17) is 12.6 Å². The minimum absolute atomic E-state index is 0.782. The zero-order valence-corrected chi connectivity index (χ0v) is 18.1. The summed E-state index contributed by atoms with van der Waals surface area (Å²) in [4.78, 5) is 10.2. The largest absolute Gasteiger partial charge is 0.236 e. The summed E-state index contributed by atoms with van der Waals surface area (Å²) in [6.07, 6.45) is 19.3. The molecule has 0 aliphatic rings. The minimum atomic E-state index is 0.782. The van der Waals surface area contributed by atoms with E-state index in [1.54, 1.807) is 0 Å². The molecule has 1 aromatic carbocycles. The quantitative estimate of drug-likeness (QED) is 0.286. The van der Waals surface area contributed by atoms with E-state index in [0.29, 0.717) is 0 Å². The molecule has 0 radical (unpaired) electrons. The van der Waals surface area contributed by atoms with Gasteiger partial charge in [0, 0.05) is 22.9 Å². The van der Waals surface area contributed by atoms with Crippen LogP contribution < -0.4 is 0 Å². The van der Waals surface area contributed by atoms with E-state index in [2.05, 4.69) is 42.0 Å². The highest BCUT2D eigenvalue weighted by atomic mass is 32.1. The van der Waals surface area contributed by atoms with Crippen LogP contribution in [0.4, 0.5) is 0 Å². The van der Waals surface area contributed by atoms with Crippen LogP contribution in [0.3, 0.4) is 0 Å². The van der Waals surface area contributed by atoms with Gasteiger partial charge in [-0.15, -0.1) is 12.6 Å². The molecular weight excluding hydrogens is 348 g/mol. The molecule has 0 aliphatic carbocycles. The highest BCUT2D eigenvalue weighted by molar-refractivity contribution is 7.80. The number of aryl methyl sites for hydroxylation is 2. The molecule has 2 aromatic rings. The summed E-state index contributed by atoms with van der Waals surface area (Å²) in [5.74, 6) is 0.782. The lowest BCUT2D eigenvalue weighted by Gasteiger charge is -2.08. The van der Waals surface area contributed by atoms with Gasteiger partial charge in [0.05, 0.1) is 0 Å². The van der Waals surface area contributed by atoms with E-state index >= 15 is 0 Å². The van der Waals surface area contributed by atoms with Crippen molar-refractivity contribution < 1.29 is 0 Å². The van der Waals surface area contributed by atoms with Crippen LogP contribution in [0.25, 0.3) is 11.4 Å². The number of thiol groups is 1. The Labute approximate surface area is 171 Å². The van der Waals surface area contributed by atoms with Gasteiger partial charge in [-0.2, -0.15) is 0 Å². The monoisotopic (exact) mass is 384 g/mol. The summed E-state index contributed by atoms with van der Waals surface area (Å²) in [6, 6.07) is 6.52. The van der Waals surface area contributed by atoms with Crippen molar-refractivity contribution in [3.8, 4) is 11.4 Å². The van der Waals surface area contributed by atoms with Crippen LogP contribution in [0.2, 0.25) is 0 Å². The standard InChI is InChI=1S/C24H36N2S/c1-3-5-7-9-11-13-20-15-16-22(23(27)17-20)24-25-18-21(19-26-24)14-12-10-8-6-4-2/h15-19,27H,3-14H2,1-2H3. The predicted octanol–water partition coefficient (Wildman–Crippen LogP) is 7.46. The lowest BCUT2D eigenvalue weighted by atomic mass is 10.0. The van der Waals surface area contributed by atoms with E-state index < -0.39 is 0 Å². The van der Waals surface area contributed by atoms with Crippen molar-refractivity contribution in [3.63, 3.8) is 0 Å². The van der Waals surface area contributed by atoms with Crippen molar-refractivity contribution >= 4 is 12.6 Å². The first-order chi connectivity index (χ1) is 13.2. The van der Waals surface area contributed by atoms with E-state index in [9.17, 15) is 0 Å². The van der Waals surface area contributed by atoms with Crippen LogP contribution in [0.1, 0.15) is 89.2 Å². The number of hydrogen-bond acceptors (Lipinski definition) is 3. The van der Waals surface area contributed by atoms with Gasteiger partial charge in [0.15, 0.2) is 5.82 Å². The second-order valence-electron chi connectivity index (χ2n) is 7.59. The summed E-state index contributed by atoms with van der Waals surface area (Å²) in [5.41, 5.74) is 3.63. The molecule has 148 valence electrons. The summed E-state index contributed by atoms with van der Waals surface area (Å²) >= 11 is 4.69. The average molecular weight is 385 g/mol. The Morgan fingerprint density at radius 1 is 0.704 bits per heavy atom. The van der Waals surface area contributed by atoms with Crippen molar-refractivity contribution in [2.24, 2.45) is 0 Å². The SMILES string of the molecule is CCCCCCCc1cnc(-c2ccc(CCCCCCC)cc2S)nc1. The first-order valence-electron chi connectivity index (χ1n) is 10.9. The van der Waals surface area contributed by atoms with Gasteiger partial charge in [-0.1, -0.05) is 71.3 Å².